The highest BCUT2D eigenvalue weighted by atomic mass is 31.2. The summed E-state index contributed by atoms with van der Waals surface area (Å²) in [6.45, 7) is 23.1. The molecule has 0 heterocycles. The molecule has 0 aliphatic heterocycles. The minimum atomic E-state index is -1.95. The van der Waals surface area contributed by atoms with Crippen molar-refractivity contribution in [3.63, 3.8) is 0 Å². The van der Waals surface area contributed by atoms with Crippen LogP contribution in [0.1, 0.15) is 113 Å². The lowest BCUT2D eigenvalue weighted by molar-refractivity contribution is -0.250. The average molecular weight is 876 g/mol. The van der Waals surface area contributed by atoms with Crippen LogP contribution in [0.25, 0.3) is 0 Å². The number of allylic oxidation sites excluding steroid dienone is 1. The van der Waals surface area contributed by atoms with Crippen molar-refractivity contribution in [2.45, 2.75) is 119 Å². The summed E-state index contributed by atoms with van der Waals surface area (Å²) in [4.78, 5) is 26.7. The first kappa shape index (κ1) is 46.2. The Morgan fingerprint density at radius 2 is 1.19 bits per heavy atom. The van der Waals surface area contributed by atoms with Crippen molar-refractivity contribution < 1.29 is 28.5 Å². The maximum atomic E-state index is 14.6. The Balaban J connectivity index is 0.884. The van der Waals surface area contributed by atoms with E-state index in [-0.39, 0.29) is 52.2 Å². The molecule has 5 fully saturated rings. The largest absolute Gasteiger partial charge is 0.463 e. The molecule has 0 aromatic heterocycles. The molecule has 5 aliphatic carbocycles. The van der Waals surface area contributed by atoms with E-state index in [0.29, 0.717) is 50.1 Å². The van der Waals surface area contributed by atoms with Crippen molar-refractivity contribution in [1.82, 2.24) is 0 Å². The van der Waals surface area contributed by atoms with E-state index < -0.39 is 12.7 Å². The van der Waals surface area contributed by atoms with Gasteiger partial charge in [-0.2, -0.15) is 0 Å². The van der Waals surface area contributed by atoms with Gasteiger partial charge in [-0.25, -0.2) is 0 Å². The van der Waals surface area contributed by atoms with Gasteiger partial charge in [0.25, 0.3) is 0 Å². The van der Waals surface area contributed by atoms with Crippen molar-refractivity contribution in [2.75, 3.05) is 39.2 Å². The summed E-state index contributed by atoms with van der Waals surface area (Å²) >= 11 is 0. The highest BCUT2D eigenvalue weighted by Crippen LogP contribution is 2.77. The molecule has 0 bridgehead atoms. The van der Waals surface area contributed by atoms with Crippen LogP contribution in [0.3, 0.4) is 0 Å². The lowest BCUT2D eigenvalue weighted by Gasteiger charge is -2.72. The molecule has 5 saturated carbocycles. The van der Waals surface area contributed by atoms with Gasteiger partial charge >= 0.3 is 11.9 Å². The second kappa shape index (κ2) is 18.2. The molecular formula is C56H76O6P+. The minimum absolute atomic E-state index is 0.00492. The molecule has 8 rings (SSSR count). The first-order valence-electron chi connectivity index (χ1n) is 24.4. The summed E-state index contributed by atoms with van der Waals surface area (Å²) in [6, 6.07) is 32.8. The predicted octanol–water partition coefficient (Wildman–Crippen LogP) is 11.1. The normalized spacial score (nSPS) is 34.4. The van der Waals surface area contributed by atoms with Crippen molar-refractivity contribution >= 4 is 35.1 Å². The highest BCUT2D eigenvalue weighted by Gasteiger charge is 2.72. The van der Waals surface area contributed by atoms with Crippen LogP contribution in [-0.2, 0) is 28.5 Å². The molecule has 6 nitrogen and oxygen atoms in total. The van der Waals surface area contributed by atoms with Crippen molar-refractivity contribution in [3.05, 3.63) is 103 Å². The molecule has 63 heavy (non-hydrogen) atoms. The Morgan fingerprint density at radius 3 is 1.76 bits per heavy atom. The van der Waals surface area contributed by atoms with Crippen LogP contribution in [0, 0.1) is 56.7 Å². The first-order valence-corrected chi connectivity index (χ1v) is 26.3. The van der Waals surface area contributed by atoms with Crippen LogP contribution in [0.5, 0.6) is 0 Å². The van der Waals surface area contributed by atoms with E-state index >= 15 is 0 Å². The van der Waals surface area contributed by atoms with E-state index in [1.165, 1.54) is 40.7 Å². The summed E-state index contributed by atoms with van der Waals surface area (Å²) in [7, 11) is -1.95. The topological polar surface area (TPSA) is 71.1 Å². The smallest absolute Gasteiger partial charge is 0.312 e. The number of esters is 2. The molecule has 5 aliphatic rings. The first-order chi connectivity index (χ1) is 30.1. The number of fused-ring (bicyclic) bond motifs is 7. The molecule has 7 heteroatoms. The van der Waals surface area contributed by atoms with Gasteiger partial charge in [0.1, 0.15) is 35.9 Å². The number of rotatable bonds is 15. The van der Waals surface area contributed by atoms with Gasteiger partial charge in [-0.05, 0) is 153 Å². The molecule has 0 radical (unpaired) electrons. The zero-order valence-electron chi connectivity index (χ0n) is 39.5. The molecule has 0 spiro atoms. The van der Waals surface area contributed by atoms with Gasteiger partial charge in [-0.15, -0.1) is 0 Å². The number of benzene rings is 3. The second-order valence-corrected chi connectivity index (χ2v) is 25.3. The van der Waals surface area contributed by atoms with E-state index in [9.17, 15) is 9.59 Å². The molecule has 0 amide bonds. The number of hydrogen-bond donors (Lipinski definition) is 0. The Kier molecular flexibility index (Phi) is 13.3. The predicted molar refractivity (Wildman–Crippen MR) is 257 cm³/mol. The maximum absolute atomic E-state index is 14.6. The second-order valence-electron chi connectivity index (χ2n) is 21.7. The number of carbonyl (C=O) groups excluding carboxylic acids is 2. The third-order valence-corrected chi connectivity index (χ3v) is 23.1. The Labute approximate surface area is 380 Å². The lowest BCUT2D eigenvalue weighted by Crippen LogP contribution is -2.67. The van der Waals surface area contributed by atoms with Gasteiger partial charge in [0.2, 0.25) is 0 Å². The van der Waals surface area contributed by atoms with E-state index in [2.05, 4.69) is 139 Å². The van der Waals surface area contributed by atoms with Crippen LogP contribution < -0.4 is 15.9 Å². The van der Waals surface area contributed by atoms with Crippen LogP contribution >= 0.6 is 7.26 Å². The lowest BCUT2D eigenvalue weighted by atomic mass is 9.32. The zero-order chi connectivity index (χ0) is 44.7. The fraction of sp³-hybridized carbons (Fsp3) is 0.607. The van der Waals surface area contributed by atoms with Gasteiger partial charge in [0.15, 0.2) is 0 Å². The van der Waals surface area contributed by atoms with Crippen molar-refractivity contribution in [3.8, 4) is 0 Å². The summed E-state index contributed by atoms with van der Waals surface area (Å²) in [6.07, 6.45) is 11.5. The van der Waals surface area contributed by atoms with E-state index in [4.69, 9.17) is 18.9 Å². The van der Waals surface area contributed by atoms with Gasteiger partial charge in [0.05, 0.1) is 38.0 Å². The Bertz CT molecular complexity index is 1970. The van der Waals surface area contributed by atoms with Gasteiger partial charge < -0.3 is 18.9 Å². The monoisotopic (exact) mass is 876 g/mol. The average Bonchev–Trinajstić information content (AvgIpc) is 3.68. The van der Waals surface area contributed by atoms with Crippen molar-refractivity contribution in [2.24, 2.45) is 56.7 Å². The van der Waals surface area contributed by atoms with E-state index in [1.807, 2.05) is 0 Å². The molecule has 340 valence electrons. The SMILES string of the molecule is C=C(C)[C@@H]1CC[C@]2(C(=O)OCCOCCOCC[P+](c3ccccc3)(c3ccccc3)c3ccccc3)CC[C@]3(C)[C@H](CC[C@@H]4[C@@]5(C)CC[C@H](OC(C)=O)C(C)(C)[C@@H]5CC[C@]43C)[C@@H]12. The third kappa shape index (κ3) is 7.88. The standard InChI is InChI=1S/C56H76O6P/c1-40(2)45-26-31-56(33-32-54(7)46(50(45)56)24-25-48-53(6)29-28-49(62-41(3)57)52(4,5)47(53)27-30-55(48,54)8)51(58)61-37-36-59-34-35-60-38-39-63(42-18-12-9-13-19-42,43-20-14-10-15-21-43)44-22-16-11-17-23-44/h9-23,45-50H,1,24-39H2,2-8H3/q+1/t45-,46+,47-,48+,49-,50+,53-,54+,55+,56-/m0/s1. The highest BCUT2D eigenvalue weighted by molar-refractivity contribution is 7.95. The van der Waals surface area contributed by atoms with E-state index in [0.717, 1.165) is 51.1 Å². The fourth-order valence-electron chi connectivity index (χ4n) is 15.6. The molecule has 0 saturated heterocycles. The fourth-order valence-corrected chi connectivity index (χ4v) is 19.7. The molecule has 10 atom stereocenters. The van der Waals surface area contributed by atoms with Crippen LogP contribution in [0.2, 0.25) is 0 Å². The zero-order valence-corrected chi connectivity index (χ0v) is 40.4. The van der Waals surface area contributed by atoms with Gasteiger partial charge in [0, 0.05) is 12.3 Å². The molecular weight excluding hydrogens is 800 g/mol. The number of hydrogen-bond acceptors (Lipinski definition) is 6. The summed E-state index contributed by atoms with van der Waals surface area (Å²) in [5.74, 6) is 2.01. The molecule has 3 aromatic carbocycles. The quantitative estimate of drug-likeness (QED) is 0.0656. The number of carbonyl (C=O) groups is 2. The van der Waals surface area contributed by atoms with Crippen LogP contribution in [-0.4, -0.2) is 57.2 Å². The Hall–Kier alpha value is -3.31. The van der Waals surface area contributed by atoms with Gasteiger partial charge in [-0.1, -0.05) is 101 Å². The van der Waals surface area contributed by atoms with Gasteiger partial charge in [-0.3, -0.25) is 9.59 Å². The molecule has 3 aromatic rings. The molecule has 0 unspecified atom stereocenters. The molecule has 0 N–H and O–H groups in total. The summed E-state index contributed by atoms with van der Waals surface area (Å²) in [5, 5.41) is 4.07. The number of ether oxygens (including phenoxy) is 4. The minimum Gasteiger partial charge on any atom is -0.463 e. The third-order valence-electron chi connectivity index (χ3n) is 18.7. The van der Waals surface area contributed by atoms with Crippen LogP contribution in [0.15, 0.2) is 103 Å². The maximum Gasteiger partial charge on any atom is 0.312 e. The van der Waals surface area contributed by atoms with Crippen LogP contribution in [0.4, 0.5) is 0 Å². The summed E-state index contributed by atoms with van der Waals surface area (Å²) in [5.41, 5.74) is 1.21. The summed E-state index contributed by atoms with van der Waals surface area (Å²) < 4.78 is 24.6. The Morgan fingerprint density at radius 1 is 0.619 bits per heavy atom. The van der Waals surface area contributed by atoms with E-state index in [1.54, 1.807) is 6.92 Å². The van der Waals surface area contributed by atoms with Crippen molar-refractivity contribution in [1.29, 1.82) is 0 Å².